The van der Waals surface area contributed by atoms with E-state index >= 15 is 0 Å². The van der Waals surface area contributed by atoms with Crippen LogP contribution in [0.4, 0.5) is 5.82 Å². The van der Waals surface area contributed by atoms with Gasteiger partial charge in [0.05, 0.1) is 6.61 Å². The smallest absolute Gasteiger partial charge is 0.272 e. The van der Waals surface area contributed by atoms with Crippen molar-refractivity contribution in [1.82, 2.24) is 19.8 Å². The highest BCUT2D eigenvalue weighted by molar-refractivity contribution is 5.93. The number of carbonyl (C=O) groups excluding carboxylic acids is 1. The van der Waals surface area contributed by atoms with Gasteiger partial charge in [0.25, 0.3) is 5.91 Å². The molecule has 0 aliphatic carbocycles. The molecule has 26 heavy (non-hydrogen) atoms. The summed E-state index contributed by atoms with van der Waals surface area (Å²) in [5.74, 6) is 1.13. The molecule has 3 rings (SSSR count). The molecule has 1 saturated heterocycles. The SMILES string of the molecule is COCCNc1cc(C(=O)N2CCN(C)CC2)nc(-c2ccccc2)n1. The molecule has 0 atom stereocenters. The molecular weight excluding hydrogens is 330 g/mol. The minimum absolute atomic E-state index is 0.0486. The van der Waals surface area contributed by atoms with Gasteiger partial charge in [-0.25, -0.2) is 9.97 Å². The standard InChI is InChI=1S/C19H25N5O2/c1-23-9-11-24(12-10-23)19(25)16-14-17(20-8-13-26-2)22-18(21-16)15-6-4-3-5-7-15/h3-7,14H,8-13H2,1-2H3,(H,20,21,22). The number of piperazine rings is 1. The van der Waals surface area contributed by atoms with Crippen molar-refractivity contribution in [3.8, 4) is 11.4 Å². The molecule has 138 valence electrons. The number of hydrogen-bond acceptors (Lipinski definition) is 6. The summed E-state index contributed by atoms with van der Waals surface area (Å²) in [6.45, 7) is 4.36. The number of benzene rings is 1. The van der Waals surface area contributed by atoms with Gasteiger partial charge in [0.2, 0.25) is 0 Å². The van der Waals surface area contributed by atoms with Gasteiger partial charge >= 0.3 is 0 Å². The Bertz CT molecular complexity index is 730. The first kappa shape index (κ1) is 18.3. The first-order chi connectivity index (χ1) is 12.7. The second-order valence-electron chi connectivity index (χ2n) is 6.34. The van der Waals surface area contributed by atoms with Crippen molar-refractivity contribution >= 4 is 11.7 Å². The first-order valence-electron chi connectivity index (χ1n) is 8.82. The fraction of sp³-hybridized carbons (Fsp3) is 0.421. The number of carbonyl (C=O) groups is 1. The van der Waals surface area contributed by atoms with Crippen LogP contribution in [0.1, 0.15) is 10.5 Å². The molecular formula is C19H25N5O2. The van der Waals surface area contributed by atoms with Crippen LogP contribution in [0.3, 0.4) is 0 Å². The Kier molecular flexibility index (Phi) is 6.14. The van der Waals surface area contributed by atoms with Crippen LogP contribution in [0, 0.1) is 0 Å². The van der Waals surface area contributed by atoms with E-state index in [-0.39, 0.29) is 5.91 Å². The van der Waals surface area contributed by atoms with Gasteiger partial charge in [-0.3, -0.25) is 4.79 Å². The van der Waals surface area contributed by atoms with Crippen molar-refractivity contribution in [2.45, 2.75) is 0 Å². The summed E-state index contributed by atoms with van der Waals surface area (Å²) >= 11 is 0. The van der Waals surface area contributed by atoms with Gasteiger partial charge in [-0.2, -0.15) is 0 Å². The number of nitrogens with one attached hydrogen (secondary N) is 1. The maximum atomic E-state index is 12.9. The molecule has 2 aromatic rings. The summed E-state index contributed by atoms with van der Waals surface area (Å²) in [6.07, 6.45) is 0. The fourth-order valence-electron chi connectivity index (χ4n) is 2.82. The van der Waals surface area contributed by atoms with Gasteiger partial charge in [-0.05, 0) is 7.05 Å². The number of rotatable bonds is 6. The van der Waals surface area contributed by atoms with E-state index in [0.717, 1.165) is 18.7 Å². The Morgan fingerprint density at radius 3 is 2.58 bits per heavy atom. The van der Waals surface area contributed by atoms with E-state index in [1.807, 2.05) is 35.2 Å². The number of likely N-dealkylation sites (N-methyl/N-ethyl adjacent to an activating group) is 1. The van der Waals surface area contributed by atoms with Gasteiger partial charge in [0.1, 0.15) is 11.5 Å². The Morgan fingerprint density at radius 1 is 1.15 bits per heavy atom. The molecule has 7 heteroatoms. The van der Waals surface area contributed by atoms with E-state index in [9.17, 15) is 4.79 Å². The fourth-order valence-corrected chi connectivity index (χ4v) is 2.82. The molecule has 1 fully saturated rings. The summed E-state index contributed by atoms with van der Waals surface area (Å²) in [5.41, 5.74) is 1.30. The molecule has 1 amide bonds. The lowest BCUT2D eigenvalue weighted by atomic mass is 10.2. The van der Waals surface area contributed by atoms with Gasteiger partial charge < -0.3 is 19.9 Å². The highest BCUT2D eigenvalue weighted by Gasteiger charge is 2.22. The molecule has 1 aromatic carbocycles. The second kappa shape index (κ2) is 8.73. The Morgan fingerprint density at radius 2 is 1.88 bits per heavy atom. The van der Waals surface area contributed by atoms with E-state index in [4.69, 9.17) is 4.74 Å². The van der Waals surface area contributed by atoms with Crippen molar-refractivity contribution in [1.29, 1.82) is 0 Å². The summed E-state index contributed by atoms with van der Waals surface area (Å²) in [4.78, 5) is 26.1. The van der Waals surface area contributed by atoms with Crippen molar-refractivity contribution in [2.24, 2.45) is 0 Å². The normalized spacial score (nSPS) is 15.1. The van der Waals surface area contributed by atoms with Crippen molar-refractivity contribution < 1.29 is 9.53 Å². The number of nitrogens with zero attached hydrogens (tertiary/aromatic N) is 4. The predicted octanol–water partition coefficient (Wildman–Crippen LogP) is 1.59. The Labute approximate surface area is 154 Å². The lowest BCUT2D eigenvalue weighted by molar-refractivity contribution is 0.0658. The number of amides is 1. The minimum atomic E-state index is -0.0486. The van der Waals surface area contributed by atoms with Gasteiger partial charge in [-0.15, -0.1) is 0 Å². The third-order valence-electron chi connectivity index (χ3n) is 4.38. The molecule has 1 aliphatic rings. The number of methoxy groups -OCH3 is 1. The van der Waals surface area contributed by atoms with Crippen molar-refractivity contribution in [2.75, 3.05) is 58.8 Å². The molecule has 7 nitrogen and oxygen atoms in total. The molecule has 1 aliphatic heterocycles. The zero-order chi connectivity index (χ0) is 18.4. The highest BCUT2D eigenvalue weighted by atomic mass is 16.5. The molecule has 0 radical (unpaired) electrons. The minimum Gasteiger partial charge on any atom is -0.383 e. The van der Waals surface area contributed by atoms with Crippen LogP contribution >= 0.6 is 0 Å². The van der Waals surface area contributed by atoms with Gasteiger partial charge in [0, 0.05) is 51.5 Å². The lowest BCUT2D eigenvalue weighted by Crippen LogP contribution is -2.47. The number of hydrogen-bond donors (Lipinski definition) is 1. The zero-order valence-corrected chi connectivity index (χ0v) is 15.3. The maximum absolute atomic E-state index is 12.9. The Balaban J connectivity index is 1.87. The largest absolute Gasteiger partial charge is 0.383 e. The number of aromatic nitrogens is 2. The quantitative estimate of drug-likeness (QED) is 0.794. The topological polar surface area (TPSA) is 70.6 Å². The summed E-state index contributed by atoms with van der Waals surface area (Å²) < 4.78 is 5.08. The molecule has 1 aromatic heterocycles. The van der Waals surface area contributed by atoms with Crippen LogP contribution in [0.5, 0.6) is 0 Å². The highest BCUT2D eigenvalue weighted by Crippen LogP contribution is 2.19. The van der Waals surface area contributed by atoms with Crippen LogP contribution in [0.2, 0.25) is 0 Å². The number of anilines is 1. The van der Waals surface area contributed by atoms with Gasteiger partial charge in [-0.1, -0.05) is 30.3 Å². The third-order valence-corrected chi connectivity index (χ3v) is 4.38. The van der Waals surface area contributed by atoms with E-state index in [0.29, 0.717) is 43.6 Å². The monoisotopic (exact) mass is 355 g/mol. The van der Waals surface area contributed by atoms with Gasteiger partial charge in [0.15, 0.2) is 5.82 Å². The third kappa shape index (κ3) is 4.56. The second-order valence-corrected chi connectivity index (χ2v) is 6.34. The van der Waals surface area contributed by atoms with Crippen LogP contribution in [-0.2, 0) is 4.74 Å². The van der Waals surface area contributed by atoms with Crippen LogP contribution in [0.25, 0.3) is 11.4 Å². The predicted molar refractivity (Wildman–Crippen MR) is 101 cm³/mol. The van der Waals surface area contributed by atoms with E-state index < -0.39 is 0 Å². The van der Waals surface area contributed by atoms with E-state index in [2.05, 4.69) is 27.2 Å². The molecule has 0 unspecified atom stereocenters. The average molecular weight is 355 g/mol. The number of ether oxygens (including phenoxy) is 1. The van der Waals surface area contributed by atoms with Crippen molar-refractivity contribution in [3.63, 3.8) is 0 Å². The molecule has 0 bridgehead atoms. The lowest BCUT2D eigenvalue weighted by Gasteiger charge is -2.32. The Hall–Kier alpha value is -2.51. The van der Waals surface area contributed by atoms with Crippen LogP contribution in [0.15, 0.2) is 36.4 Å². The summed E-state index contributed by atoms with van der Waals surface area (Å²) in [5, 5.41) is 3.21. The van der Waals surface area contributed by atoms with Crippen LogP contribution < -0.4 is 5.32 Å². The molecule has 0 spiro atoms. The van der Waals surface area contributed by atoms with E-state index in [1.54, 1.807) is 13.2 Å². The van der Waals surface area contributed by atoms with Crippen molar-refractivity contribution in [3.05, 3.63) is 42.1 Å². The van der Waals surface area contributed by atoms with Crippen LogP contribution in [-0.4, -0.2) is 79.2 Å². The molecule has 2 heterocycles. The first-order valence-corrected chi connectivity index (χ1v) is 8.82. The molecule has 0 saturated carbocycles. The average Bonchev–Trinajstić information content (AvgIpc) is 2.69. The molecule has 1 N–H and O–H groups in total. The summed E-state index contributed by atoms with van der Waals surface area (Å²) in [7, 11) is 3.72. The maximum Gasteiger partial charge on any atom is 0.272 e. The summed E-state index contributed by atoms with van der Waals surface area (Å²) in [6, 6.07) is 11.4. The zero-order valence-electron chi connectivity index (χ0n) is 15.3. The van der Waals surface area contributed by atoms with E-state index in [1.165, 1.54) is 0 Å².